The van der Waals surface area contributed by atoms with Crippen LogP contribution >= 0.6 is 0 Å². The molecule has 3 aromatic rings. The average molecular weight is 437 g/mol. The molecule has 32 heavy (non-hydrogen) atoms. The number of para-hydroxylation sites is 1. The second-order valence-electron chi connectivity index (χ2n) is 7.63. The maximum atomic E-state index is 14.2. The molecule has 3 N–H and O–H groups in total. The van der Waals surface area contributed by atoms with Crippen LogP contribution in [0.4, 0.5) is 20.6 Å². The summed E-state index contributed by atoms with van der Waals surface area (Å²) in [6.07, 6.45) is 4.90. The van der Waals surface area contributed by atoms with Crippen molar-refractivity contribution < 1.29 is 23.1 Å². The summed E-state index contributed by atoms with van der Waals surface area (Å²) in [7, 11) is 0. The number of aryl methyl sites for hydroxylation is 1. The van der Waals surface area contributed by atoms with Gasteiger partial charge in [-0.2, -0.15) is 0 Å². The molecule has 0 saturated heterocycles. The van der Waals surface area contributed by atoms with Crippen molar-refractivity contribution >= 4 is 23.3 Å². The van der Waals surface area contributed by atoms with Gasteiger partial charge in [-0.15, -0.1) is 0 Å². The zero-order chi connectivity index (χ0) is 22.5. The standard InChI is InChI=1S/C24H24FN3O4/c1-15-19(11-12-31-15)23(29)28-21-13-17(9-10-20(21)25)27-24(30)26-14-16-5-2-3-8-22(16)32-18-6-4-7-18/h2-3,5,8-13,18H,4,6-7,14H2,1H3,(H,28,29)(H2,26,27,30). The van der Waals surface area contributed by atoms with Crippen LogP contribution in [-0.2, 0) is 6.54 Å². The lowest BCUT2D eigenvalue weighted by Gasteiger charge is -2.27. The highest BCUT2D eigenvalue weighted by atomic mass is 19.1. The van der Waals surface area contributed by atoms with Gasteiger partial charge in [0.25, 0.3) is 5.91 Å². The lowest BCUT2D eigenvalue weighted by molar-refractivity contribution is 0.102. The molecule has 2 aromatic carbocycles. The first-order valence-corrected chi connectivity index (χ1v) is 10.4. The molecule has 1 aliphatic carbocycles. The maximum absolute atomic E-state index is 14.2. The predicted octanol–water partition coefficient (Wildman–Crippen LogP) is 5.23. The zero-order valence-corrected chi connectivity index (χ0v) is 17.6. The van der Waals surface area contributed by atoms with Crippen LogP contribution in [0, 0.1) is 12.7 Å². The summed E-state index contributed by atoms with van der Waals surface area (Å²) in [5.74, 6) is 0.0734. The molecule has 0 bridgehead atoms. The van der Waals surface area contributed by atoms with Crippen molar-refractivity contribution in [2.45, 2.75) is 38.8 Å². The van der Waals surface area contributed by atoms with Gasteiger partial charge in [0.2, 0.25) is 0 Å². The second-order valence-corrected chi connectivity index (χ2v) is 7.63. The van der Waals surface area contributed by atoms with Crippen molar-refractivity contribution in [3.63, 3.8) is 0 Å². The minimum absolute atomic E-state index is 0.0485. The summed E-state index contributed by atoms with van der Waals surface area (Å²) in [6, 6.07) is 12.6. The van der Waals surface area contributed by atoms with E-state index in [1.54, 1.807) is 6.92 Å². The van der Waals surface area contributed by atoms with Gasteiger partial charge >= 0.3 is 6.03 Å². The van der Waals surface area contributed by atoms with E-state index in [9.17, 15) is 14.0 Å². The Kier molecular flexibility index (Phi) is 6.39. The quantitative estimate of drug-likeness (QED) is 0.472. The molecule has 8 heteroatoms. The monoisotopic (exact) mass is 437 g/mol. The number of rotatable bonds is 7. The van der Waals surface area contributed by atoms with Crippen LogP contribution in [0.5, 0.6) is 5.75 Å². The number of carbonyl (C=O) groups is 2. The summed E-state index contributed by atoms with van der Waals surface area (Å²) in [4.78, 5) is 24.7. The van der Waals surface area contributed by atoms with E-state index in [-0.39, 0.29) is 18.3 Å². The Labute approximate surface area is 185 Å². The second kappa shape index (κ2) is 9.55. The molecule has 0 aliphatic heterocycles. The minimum atomic E-state index is -0.618. The highest BCUT2D eigenvalue weighted by Gasteiger charge is 2.20. The molecule has 1 fully saturated rings. The van der Waals surface area contributed by atoms with E-state index in [4.69, 9.17) is 9.15 Å². The molecular formula is C24H24FN3O4. The lowest BCUT2D eigenvalue weighted by atomic mass is 9.96. The van der Waals surface area contributed by atoms with E-state index in [0.717, 1.165) is 24.2 Å². The molecule has 7 nitrogen and oxygen atoms in total. The van der Waals surface area contributed by atoms with Crippen LogP contribution in [0.25, 0.3) is 0 Å². The van der Waals surface area contributed by atoms with Crippen molar-refractivity contribution in [2.24, 2.45) is 0 Å². The third-order valence-corrected chi connectivity index (χ3v) is 5.33. The third-order valence-electron chi connectivity index (χ3n) is 5.33. The summed E-state index contributed by atoms with van der Waals surface area (Å²) < 4.78 is 25.3. The van der Waals surface area contributed by atoms with Crippen LogP contribution in [0.15, 0.2) is 59.2 Å². The van der Waals surface area contributed by atoms with E-state index in [1.807, 2.05) is 24.3 Å². The summed E-state index contributed by atoms with van der Waals surface area (Å²) >= 11 is 0. The van der Waals surface area contributed by atoms with Gasteiger partial charge in [0, 0.05) is 17.8 Å². The summed E-state index contributed by atoms with van der Waals surface area (Å²) in [6.45, 7) is 1.92. The summed E-state index contributed by atoms with van der Waals surface area (Å²) in [5, 5.41) is 7.93. The fraction of sp³-hybridized carbons (Fsp3) is 0.250. The zero-order valence-electron chi connectivity index (χ0n) is 17.6. The molecule has 0 radical (unpaired) electrons. The number of furan rings is 1. The molecule has 1 saturated carbocycles. The molecule has 0 atom stereocenters. The number of amides is 3. The van der Waals surface area contributed by atoms with Crippen molar-refractivity contribution in [3.05, 3.63) is 77.5 Å². The molecule has 0 spiro atoms. The van der Waals surface area contributed by atoms with Gasteiger partial charge < -0.3 is 25.1 Å². The topological polar surface area (TPSA) is 92.6 Å². The number of halogens is 1. The first kappa shape index (κ1) is 21.4. The normalized spacial score (nSPS) is 13.2. The van der Waals surface area contributed by atoms with E-state index in [2.05, 4.69) is 16.0 Å². The van der Waals surface area contributed by atoms with Crippen molar-refractivity contribution in [1.29, 1.82) is 0 Å². The molecule has 0 unspecified atom stereocenters. The molecule has 1 aromatic heterocycles. The summed E-state index contributed by atoms with van der Waals surface area (Å²) in [5.41, 5.74) is 1.47. The van der Waals surface area contributed by atoms with Gasteiger partial charge in [0.15, 0.2) is 0 Å². The fourth-order valence-corrected chi connectivity index (χ4v) is 3.29. The third kappa shape index (κ3) is 5.08. The van der Waals surface area contributed by atoms with Crippen LogP contribution in [0.3, 0.4) is 0 Å². The first-order chi connectivity index (χ1) is 15.5. The average Bonchev–Trinajstić information content (AvgIpc) is 3.18. The van der Waals surface area contributed by atoms with Gasteiger partial charge in [0.05, 0.1) is 23.6 Å². The lowest BCUT2D eigenvalue weighted by Crippen LogP contribution is -2.29. The Morgan fingerprint density at radius 3 is 2.66 bits per heavy atom. The molecule has 4 rings (SSSR count). The van der Waals surface area contributed by atoms with E-state index < -0.39 is 17.8 Å². The fourth-order valence-electron chi connectivity index (χ4n) is 3.29. The van der Waals surface area contributed by atoms with E-state index in [0.29, 0.717) is 17.0 Å². The van der Waals surface area contributed by atoms with Gasteiger partial charge in [-0.3, -0.25) is 4.79 Å². The number of hydrogen-bond acceptors (Lipinski definition) is 4. The maximum Gasteiger partial charge on any atom is 0.319 e. The SMILES string of the molecule is Cc1occc1C(=O)Nc1cc(NC(=O)NCc2ccccc2OC2CCC2)ccc1F. The largest absolute Gasteiger partial charge is 0.490 e. The Bertz CT molecular complexity index is 1120. The Morgan fingerprint density at radius 1 is 1.12 bits per heavy atom. The number of carbonyl (C=O) groups excluding carboxylic acids is 2. The number of anilines is 2. The van der Waals surface area contributed by atoms with E-state index in [1.165, 1.54) is 36.9 Å². The Balaban J connectivity index is 1.36. The molecular weight excluding hydrogens is 413 g/mol. The van der Waals surface area contributed by atoms with Gasteiger partial charge in [-0.25, -0.2) is 9.18 Å². The molecule has 166 valence electrons. The van der Waals surface area contributed by atoms with Crippen LogP contribution in [-0.4, -0.2) is 18.0 Å². The van der Waals surface area contributed by atoms with E-state index >= 15 is 0 Å². The first-order valence-electron chi connectivity index (χ1n) is 10.4. The van der Waals surface area contributed by atoms with Crippen molar-refractivity contribution in [1.82, 2.24) is 5.32 Å². The highest BCUT2D eigenvalue weighted by Crippen LogP contribution is 2.27. The molecule has 3 amide bonds. The van der Waals surface area contributed by atoms with Crippen LogP contribution in [0.2, 0.25) is 0 Å². The Morgan fingerprint density at radius 2 is 1.94 bits per heavy atom. The number of urea groups is 1. The highest BCUT2D eigenvalue weighted by molar-refractivity contribution is 6.05. The Hall–Kier alpha value is -3.81. The predicted molar refractivity (Wildman–Crippen MR) is 118 cm³/mol. The van der Waals surface area contributed by atoms with Gasteiger partial charge in [0.1, 0.15) is 17.3 Å². The molecule has 1 heterocycles. The van der Waals surface area contributed by atoms with Gasteiger partial charge in [-0.05, 0) is 56.5 Å². The molecule has 1 aliphatic rings. The number of ether oxygens (including phenoxy) is 1. The number of benzene rings is 2. The van der Waals surface area contributed by atoms with Crippen molar-refractivity contribution in [2.75, 3.05) is 10.6 Å². The van der Waals surface area contributed by atoms with Crippen LogP contribution < -0.4 is 20.7 Å². The number of hydrogen-bond donors (Lipinski definition) is 3. The van der Waals surface area contributed by atoms with Crippen LogP contribution in [0.1, 0.15) is 40.9 Å². The van der Waals surface area contributed by atoms with Crippen molar-refractivity contribution in [3.8, 4) is 5.75 Å². The minimum Gasteiger partial charge on any atom is -0.490 e. The number of nitrogens with one attached hydrogen (secondary N) is 3. The van der Waals surface area contributed by atoms with Gasteiger partial charge in [-0.1, -0.05) is 18.2 Å². The smallest absolute Gasteiger partial charge is 0.319 e.